The fourth-order valence-corrected chi connectivity index (χ4v) is 1.09. The van der Waals surface area contributed by atoms with Crippen molar-refractivity contribution < 1.29 is 0 Å². The molecule has 1 heterocycles. The van der Waals surface area contributed by atoms with E-state index in [0.717, 1.165) is 17.9 Å². The average Bonchev–Trinajstić information content (AvgIpc) is 2.06. The Hall–Kier alpha value is -0.830. The number of nitrogens with one attached hydrogen (secondary N) is 1. The minimum Gasteiger partial charge on any atom is -0.369 e. The number of rotatable bonds is 2. The van der Waals surface area contributed by atoms with E-state index in [-0.39, 0.29) is 5.41 Å². The molecule has 1 rings (SSSR count). The van der Waals surface area contributed by atoms with Crippen LogP contribution < -0.4 is 5.32 Å². The highest BCUT2D eigenvalue weighted by atomic mass is 35.5. The second-order valence-electron chi connectivity index (χ2n) is 4.55. The van der Waals surface area contributed by atoms with Gasteiger partial charge in [-0.2, -0.15) is 0 Å². The zero-order valence-corrected chi connectivity index (χ0v) is 9.81. The molecule has 0 spiro atoms. The molecule has 0 saturated carbocycles. The van der Waals surface area contributed by atoms with Crippen molar-refractivity contribution in [2.24, 2.45) is 5.41 Å². The number of nitrogens with zero attached hydrogens (tertiary/aromatic N) is 2. The lowest BCUT2D eigenvalue weighted by Gasteiger charge is -2.19. The summed E-state index contributed by atoms with van der Waals surface area (Å²) in [5, 5.41) is 3.77. The normalized spacial score (nSPS) is 11.5. The third kappa shape index (κ3) is 3.14. The van der Waals surface area contributed by atoms with E-state index in [1.165, 1.54) is 6.33 Å². The van der Waals surface area contributed by atoms with Gasteiger partial charge >= 0.3 is 0 Å². The average molecular weight is 214 g/mol. The molecule has 4 heteroatoms. The number of hydrogen-bond acceptors (Lipinski definition) is 3. The van der Waals surface area contributed by atoms with E-state index < -0.39 is 0 Å². The molecule has 1 aromatic heterocycles. The smallest absolute Gasteiger partial charge is 0.137 e. The molecule has 78 valence electrons. The molecule has 0 fully saturated rings. The molecule has 0 amide bonds. The van der Waals surface area contributed by atoms with Crippen molar-refractivity contribution in [1.29, 1.82) is 0 Å². The molecular formula is C10H16ClN3. The minimum absolute atomic E-state index is 0.226. The monoisotopic (exact) mass is 213 g/mol. The van der Waals surface area contributed by atoms with Crippen LogP contribution in [-0.2, 0) is 0 Å². The van der Waals surface area contributed by atoms with E-state index in [2.05, 4.69) is 36.1 Å². The van der Waals surface area contributed by atoms with Gasteiger partial charge in [-0.05, 0) is 12.3 Å². The van der Waals surface area contributed by atoms with Gasteiger partial charge in [0.2, 0.25) is 0 Å². The van der Waals surface area contributed by atoms with Gasteiger partial charge in [-0.3, -0.25) is 0 Å². The summed E-state index contributed by atoms with van der Waals surface area (Å²) in [6.07, 6.45) is 1.47. The largest absolute Gasteiger partial charge is 0.369 e. The lowest BCUT2D eigenvalue weighted by atomic mass is 9.97. The number of aromatic nitrogens is 2. The van der Waals surface area contributed by atoms with E-state index in [1.54, 1.807) is 0 Å². The molecular weight excluding hydrogens is 198 g/mol. The van der Waals surface area contributed by atoms with Gasteiger partial charge in [-0.1, -0.05) is 32.4 Å². The second-order valence-corrected chi connectivity index (χ2v) is 4.91. The first-order valence-corrected chi connectivity index (χ1v) is 4.99. The number of hydrogen-bond donors (Lipinski definition) is 1. The molecule has 0 aliphatic heterocycles. The lowest BCUT2D eigenvalue weighted by Crippen LogP contribution is -2.20. The summed E-state index contributed by atoms with van der Waals surface area (Å²) in [6, 6.07) is 0. The van der Waals surface area contributed by atoms with Crippen LogP contribution in [-0.4, -0.2) is 16.5 Å². The molecule has 0 aliphatic carbocycles. The molecule has 0 radical (unpaired) electrons. The van der Waals surface area contributed by atoms with Crippen molar-refractivity contribution in [2.75, 3.05) is 11.9 Å². The van der Waals surface area contributed by atoms with Gasteiger partial charge in [0.15, 0.2) is 0 Å². The highest BCUT2D eigenvalue weighted by molar-refractivity contribution is 6.30. The van der Waals surface area contributed by atoms with Crippen LogP contribution in [0.1, 0.15) is 26.3 Å². The van der Waals surface area contributed by atoms with Gasteiger partial charge in [0.05, 0.1) is 0 Å². The number of halogens is 1. The Labute approximate surface area is 89.9 Å². The van der Waals surface area contributed by atoms with Crippen molar-refractivity contribution in [1.82, 2.24) is 9.97 Å². The Morgan fingerprint density at radius 3 is 2.57 bits per heavy atom. The Morgan fingerprint density at radius 2 is 2.00 bits per heavy atom. The first-order valence-electron chi connectivity index (χ1n) is 4.61. The molecule has 0 aliphatic rings. The van der Waals surface area contributed by atoms with Gasteiger partial charge in [0.25, 0.3) is 0 Å². The maximum atomic E-state index is 5.87. The minimum atomic E-state index is 0.226. The highest BCUT2D eigenvalue weighted by Crippen LogP contribution is 2.20. The van der Waals surface area contributed by atoms with Crippen LogP contribution in [0, 0.1) is 12.3 Å². The zero-order valence-electron chi connectivity index (χ0n) is 9.06. The summed E-state index contributed by atoms with van der Waals surface area (Å²) in [5.74, 6) is 0.819. The summed E-state index contributed by atoms with van der Waals surface area (Å²) < 4.78 is 0. The lowest BCUT2D eigenvalue weighted by molar-refractivity contribution is 0.442. The van der Waals surface area contributed by atoms with Gasteiger partial charge in [-0.25, -0.2) is 9.97 Å². The maximum Gasteiger partial charge on any atom is 0.137 e. The van der Waals surface area contributed by atoms with Crippen LogP contribution in [0.25, 0.3) is 0 Å². The van der Waals surface area contributed by atoms with Crippen LogP contribution in [0.2, 0.25) is 5.15 Å². The highest BCUT2D eigenvalue weighted by Gasteiger charge is 2.11. The van der Waals surface area contributed by atoms with Crippen molar-refractivity contribution in [3.63, 3.8) is 0 Å². The topological polar surface area (TPSA) is 37.8 Å². The van der Waals surface area contributed by atoms with Crippen LogP contribution in [0.5, 0.6) is 0 Å². The van der Waals surface area contributed by atoms with Crippen LogP contribution in [0.15, 0.2) is 6.33 Å². The van der Waals surface area contributed by atoms with Crippen molar-refractivity contribution >= 4 is 17.4 Å². The Kier molecular flexibility index (Phi) is 3.32. The van der Waals surface area contributed by atoms with E-state index in [0.29, 0.717) is 5.15 Å². The third-order valence-electron chi connectivity index (χ3n) is 1.81. The molecule has 0 unspecified atom stereocenters. The SMILES string of the molecule is Cc1c(Cl)ncnc1NCC(C)(C)C. The van der Waals surface area contributed by atoms with E-state index >= 15 is 0 Å². The molecule has 0 saturated heterocycles. The molecule has 0 bridgehead atoms. The summed E-state index contributed by atoms with van der Waals surface area (Å²) >= 11 is 5.87. The molecule has 14 heavy (non-hydrogen) atoms. The second kappa shape index (κ2) is 4.13. The summed E-state index contributed by atoms with van der Waals surface area (Å²) in [5.41, 5.74) is 1.13. The predicted octanol–water partition coefficient (Wildman–Crippen LogP) is 2.90. The Bertz CT molecular complexity index is 318. The molecule has 1 N–H and O–H groups in total. The predicted molar refractivity (Wildman–Crippen MR) is 59.7 cm³/mol. The fraction of sp³-hybridized carbons (Fsp3) is 0.600. The first kappa shape index (κ1) is 11.2. The quantitative estimate of drug-likeness (QED) is 0.768. The van der Waals surface area contributed by atoms with E-state index in [1.807, 2.05) is 6.92 Å². The Balaban J connectivity index is 2.73. The zero-order chi connectivity index (χ0) is 10.8. The summed E-state index contributed by atoms with van der Waals surface area (Å²) in [7, 11) is 0. The first-order chi connectivity index (χ1) is 6.40. The molecule has 0 atom stereocenters. The molecule has 3 nitrogen and oxygen atoms in total. The standard InChI is InChI=1S/C10H16ClN3/c1-7-8(11)13-6-14-9(7)12-5-10(2,3)4/h6H,5H2,1-4H3,(H,12,13,14). The fourth-order valence-electron chi connectivity index (χ4n) is 0.956. The summed E-state index contributed by atoms with van der Waals surface area (Å²) in [4.78, 5) is 8.03. The van der Waals surface area contributed by atoms with Crippen LogP contribution in [0.4, 0.5) is 5.82 Å². The van der Waals surface area contributed by atoms with Gasteiger partial charge < -0.3 is 5.32 Å². The summed E-state index contributed by atoms with van der Waals surface area (Å²) in [6.45, 7) is 9.27. The van der Waals surface area contributed by atoms with Crippen molar-refractivity contribution in [3.8, 4) is 0 Å². The van der Waals surface area contributed by atoms with Gasteiger partial charge in [-0.15, -0.1) is 0 Å². The molecule has 1 aromatic rings. The van der Waals surface area contributed by atoms with Crippen LogP contribution in [0.3, 0.4) is 0 Å². The van der Waals surface area contributed by atoms with E-state index in [4.69, 9.17) is 11.6 Å². The van der Waals surface area contributed by atoms with Crippen molar-refractivity contribution in [2.45, 2.75) is 27.7 Å². The molecule has 0 aromatic carbocycles. The van der Waals surface area contributed by atoms with Crippen molar-refractivity contribution in [3.05, 3.63) is 17.0 Å². The van der Waals surface area contributed by atoms with Crippen LogP contribution >= 0.6 is 11.6 Å². The maximum absolute atomic E-state index is 5.87. The van der Waals surface area contributed by atoms with Gasteiger partial charge in [0.1, 0.15) is 17.3 Å². The number of anilines is 1. The van der Waals surface area contributed by atoms with E-state index in [9.17, 15) is 0 Å². The third-order valence-corrected chi connectivity index (χ3v) is 2.19. The van der Waals surface area contributed by atoms with Gasteiger partial charge in [0, 0.05) is 12.1 Å². The Morgan fingerprint density at radius 1 is 1.36 bits per heavy atom.